The van der Waals surface area contributed by atoms with Crippen LogP contribution in [0.2, 0.25) is 0 Å². The van der Waals surface area contributed by atoms with Crippen molar-refractivity contribution in [2.75, 3.05) is 0 Å². The normalized spacial score (nSPS) is 3.08. The third-order valence-electron chi connectivity index (χ3n) is 0.387. The molecule has 0 fully saturated rings. The van der Waals surface area contributed by atoms with E-state index in [1.54, 1.807) is 14.8 Å². The Labute approximate surface area is 87.8 Å². The Bertz CT molecular complexity index is 199. The Hall–Kier alpha value is -1.39. The Morgan fingerprint density at radius 3 is 0.917 bits per heavy atom. The van der Waals surface area contributed by atoms with Crippen molar-refractivity contribution >= 4 is 14.1 Å². The Morgan fingerprint density at radius 1 is 0.750 bits per heavy atom. The second-order valence-electron chi connectivity index (χ2n) is 0.820. The molecule has 0 aliphatic carbocycles. The van der Waals surface area contributed by atoms with E-state index in [9.17, 15) is 0 Å². The first-order valence-corrected chi connectivity index (χ1v) is 3.72. The molecule has 0 saturated carbocycles. The van der Waals surface area contributed by atoms with Crippen LogP contribution < -0.4 is 0 Å². The maximum atomic E-state index is 7.89. The van der Waals surface area contributed by atoms with Crippen molar-refractivity contribution in [2.45, 2.75) is 0 Å². The third-order valence-corrected chi connectivity index (χ3v) is 1.16. The number of nitriles is 3. The molecule has 0 aromatic rings. The molecule has 0 unspecified atom stereocenters. The largest absolute Gasteiger partial charge is 2.00 e. The Balaban J connectivity index is -0.0000000560. The van der Waals surface area contributed by atoms with E-state index in [1.165, 1.54) is 0 Å². The van der Waals surface area contributed by atoms with E-state index in [4.69, 9.17) is 39.5 Å². The topological polar surface area (TPSA) is 119 Å². The molecule has 50 valence electrons. The van der Waals surface area contributed by atoms with Crippen LogP contribution in [0.25, 0.3) is 0 Å². The molecule has 12 heavy (non-hydrogen) atoms. The SMILES string of the molecule is N#[C][Al]([C]#N)[C]#N.[C-]#N.[C-]#N.[Zn+2]. The van der Waals surface area contributed by atoms with Gasteiger partial charge in [0.05, 0.1) is 0 Å². The van der Waals surface area contributed by atoms with Crippen LogP contribution in [0, 0.1) is 54.2 Å². The van der Waals surface area contributed by atoms with E-state index in [0.29, 0.717) is 0 Å². The van der Waals surface area contributed by atoms with Gasteiger partial charge in [-0.15, -0.1) is 0 Å². The average molecular weight is 222 g/mol. The standard InChI is InChI=1S/5CN.Al.Zn/c5*1-2;;/q;;;2*-1;;+2. The number of hydrogen-bond acceptors (Lipinski definition) is 5. The zero-order chi connectivity index (χ0) is 9.70. The van der Waals surface area contributed by atoms with Crippen molar-refractivity contribution in [3.8, 4) is 14.8 Å². The minimum absolute atomic E-state index is 0. The van der Waals surface area contributed by atoms with Gasteiger partial charge in [-0.1, -0.05) is 0 Å². The predicted octanol–water partition coefficient (Wildman–Crippen LogP) is -0.140. The molecule has 0 atom stereocenters. The molecule has 7 heteroatoms. The van der Waals surface area contributed by atoms with Crippen molar-refractivity contribution in [2.24, 2.45) is 0 Å². The van der Waals surface area contributed by atoms with Crippen LogP contribution in [0.15, 0.2) is 0 Å². The summed E-state index contributed by atoms with van der Waals surface area (Å²) in [5.74, 6) is 0. The molecule has 5 nitrogen and oxygen atoms in total. The van der Waals surface area contributed by atoms with Crippen LogP contribution in [-0.2, 0) is 19.5 Å². The monoisotopic (exact) mass is 221 g/mol. The maximum absolute atomic E-state index is 7.89. The van der Waals surface area contributed by atoms with Crippen molar-refractivity contribution < 1.29 is 19.5 Å². The molecule has 0 rings (SSSR count). The number of rotatable bonds is 0. The summed E-state index contributed by atoms with van der Waals surface area (Å²) in [6.07, 6.45) is 0. The smallest absolute Gasteiger partial charge is 0.512 e. The zero-order valence-electron chi connectivity index (χ0n) is 6.02. The van der Waals surface area contributed by atoms with Crippen LogP contribution in [0.5, 0.6) is 0 Å². The fourth-order valence-corrected chi connectivity index (χ4v) is 0.260. The van der Waals surface area contributed by atoms with Gasteiger partial charge in [0.2, 0.25) is 0 Å². The van der Waals surface area contributed by atoms with Gasteiger partial charge in [-0.2, -0.15) is 0 Å². The van der Waals surface area contributed by atoms with Gasteiger partial charge in [0.25, 0.3) is 0 Å². The first kappa shape index (κ1) is 22.4. The molecule has 0 spiro atoms. The van der Waals surface area contributed by atoms with E-state index in [2.05, 4.69) is 0 Å². The van der Waals surface area contributed by atoms with E-state index in [1.807, 2.05) is 0 Å². The van der Waals surface area contributed by atoms with E-state index >= 15 is 0 Å². The number of nitrogens with zero attached hydrogens (tertiary/aromatic N) is 5. The first-order chi connectivity index (χ1) is 5.35. The molecule has 0 amide bonds. The minimum atomic E-state index is -2.25. The second kappa shape index (κ2) is 33.5. The van der Waals surface area contributed by atoms with Crippen LogP contribution in [0.4, 0.5) is 0 Å². The zero-order valence-corrected chi connectivity index (χ0v) is 10.1. The quantitative estimate of drug-likeness (QED) is 0.417. The summed E-state index contributed by atoms with van der Waals surface area (Å²) in [5, 5.41) is 36.2. The molecular formula is C5AlN5Zn. The van der Waals surface area contributed by atoms with Gasteiger partial charge in [0, 0.05) is 0 Å². The molecule has 0 heterocycles. The summed E-state index contributed by atoms with van der Waals surface area (Å²) in [4.78, 5) is 4.85. The predicted molar refractivity (Wildman–Crippen MR) is 32.5 cm³/mol. The molecule has 0 radical (unpaired) electrons. The van der Waals surface area contributed by atoms with Crippen LogP contribution in [0.3, 0.4) is 0 Å². The van der Waals surface area contributed by atoms with Crippen molar-refractivity contribution in [3.63, 3.8) is 0 Å². The summed E-state index contributed by atoms with van der Waals surface area (Å²) in [6, 6.07) is 0. The molecule has 0 N–H and O–H groups in total. The van der Waals surface area contributed by atoms with E-state index < -0.39 is 14.1 Å². The maximum Gasteiger partial charge on any atom is 2.00 e. The van der Waals surface area contributed by atoms with Gasteiger partial charge in [0.1, 0.15) is 0 Å². The average Bonchev–Trinajstić information content (AvgIpc) is 2.14. The van der Waals surface area contributed by atoms with Gasteiger partial charge < -0.3 is 23.7 Å². The minimum Gasteiger partial charge on any atom is -0.512 e. The molecule has 0 saturated heterocycles. The van der Waals surface area contributed by atoms with Gasteiger partial charge in [-0.3, -0.25) is 0 Å². The van der Waals surface area contributed by atoms with E-state index in [0.717, 1.165) is 0 Å². The Morgan fingerprint density at radius 2 is 0.917 bits per heavy atom. The fraction of sp³-hybridized carbons (Fsp3) is 0. The summed E-state index contributed by atoms with van der Waals surface area (Å²) >= 11 is -2.25. The van der Waals surface area contributed by atoms with Gasteiger partial charge in [-0.25, -0.2) is 15.8 Å². The van der Waals surface area contributed by atoms with Gasteiger partial charge in [-0.05, 0) is 14.8 Å². The van der Waals surface area contributed by atoms with Gasteiger partial charge >= 0.3 is 33.6 Å². The molecule has 0 aliphatic heterocycles. The number of hydrogen-bond donors (Lipinski definition) is 0. The summed E-state index contributed by atoms with van der Waals surface area (Å²) in [7, 11) is 0. The summed E-state index contributed by atoms with van der Waals surface area (Å²) < 4.78 is 0. The van der Waals surface area contributed by atoms with Crippen molar-refractivity contribution in [1.29, 1.82) is 26.3 Å². The van der Waals surface area contributed by atoms with Crippen molar-refractivity contribution in [1.82, 2.24) is 0 Å². The summed E-state index contributed by atoms with van der Waals surface area (Å²) in [6.45, 7) is 9.50. The molecule has 0 aromatic heterocycles. The van der Waals surface area contributed by atoms with Crippen molar-refractivity contribution in [3.05, 3.63) is 13.1 Å². The van der Waals surface area contributed by atoms with Crippen LogP contribution in [-0.4, -0.2) is 14.1 Å². The first-order valence-electron chi connectivity index (χ1n) is 1.98. The van der Waals surface area contributed by atoms with Gasteiger partial charge in [0.15, 0.2) is 0 Å². The molecule has 0 aromatic carbocycles. The Kier molecular flexibility index (Phi) is 62.7. The molecule has 0 aliphatic rings. The molecule has 0 bridgehead atoms. The molecular weight excluding hydrogens is 222 g/mol. The van der Waals surface area contributed by atoms with E-state index in [-0.39, 0.29) is 19.5 Å². The summed E-state index contributed by atoms with van der Waals surface area (Å²) in [5.41, 5.74) is 0. The second-order valence-corrected chi connectivity index (χ2v) is 2.46. The fourth-order valence-electron chi connectivity index (χ4n) is 0.0866. The third kappa shape index (κ3) is 23.5. The van der Waals surface area contributed by atoms with Crippen LogP contribution >= 0.6 is 0 Å². The van der Waals surface area contributed by atoms with Crippen LogP contribution in [0.1, 0.15) is 0 Å².